The number of nitrogens with zero attached hydrogens (tertiary/aromatic N) is 5. The predicted molar refractivity (Wildman–Crippen MR) is 171 cm³/mol. The summed E-state index contributed by atoms with van der Waals surface area (Å²) in [6.45, 7) is 3.85. The molecule has 0 aliphatic carbocycles. The minimum absolute atomic E-state index is 0.581. The summed E-state index contributed by atoms with van der Waals surface area (Å²) in [4.78, 5) is 4.75. The molecule has 0 aliphatic rings. The van der Waals surface area contributed by atoms with E-state index in [9.17, 15) is 10.5 Å². The van der Waals surface area contributed by atoms with Gasteiger partial charge in [-0.3, -0.25) is 4.57 Å². The molecule has 0 fully saturated rings. The molecule has 0 spiro atoms. The van der Waals surface area contributed by atoms with Crippen molar-refractivity contribution in [3.8, 4) is 23.5 Å². The van der Waals surface area contributed by atoms with Crippen molar-refractivity contribution in [2.24, 2.45) is 0 Å². The fraction of sp³-hybridized carbons (Fsp3) is 0.0541. The summed E-state index contributed by atoms with van der Waals surface area (Å²) in [5, 5.41) is 24.3. The van der Waals surface area contributed by atoms with Crippen LogP contribution >= 0.6 is 0 Å². The summed E-state index contributed by atoms with van der Waals surface area (Å²) in [7, 11) is 0. The Hall–Kier alpha value is -6.11. The van der Waals surface area contributed by atoms with Gasteiger partial charge >= 0.3 is 0 Å². The van der Waals surface area contributed by atoms with E-state index < -0.39 is 0 Å². The molecule has 6 heteroatoms. The monoisotopic (exact) mass is 553 g/mol. The molecule has 0 saturated heterocycles. The van der Waals surface area contributed by atoms with Gasteiger partial charge in [0.2, 0.25) is 0 Å². The lowest BCUT2D eigenvalue weighted by Gasteiger charge is -2.09. The molecule has 4 heterocycles. The molecule has 0 radical (unpaired) electrons. The fourth-order valence-electron chi connectivity index (χ4n) is 6.36. The molecule has 0 N–H and O–H groups in total. The van der Waals surface area contributed by atoms with Crippen molar-refractivity contribution in [2.45, 2.75) is 13.8 Å². The van der Waals surface area contributed by atoms with Crippen LogP contribution in [0.1, 0.15) is 23.7 Å². The van der Waals surface area contributed by atoms with Crippen molar-refractivity contribution in [3.63, 3.8) is 0 Å². The minimum atomic E-state index is 0.581. The van der Waals surface area contributed by atoms with Crippen molar-refractivity contribution >= 4 is 60.9 Å². The summed E-state index contributed by atoms with van der Waals surface area (Å²) < 4.78 is 10.7. The number of benzene rings is 4. The highest BCUT2D eigenvalue weighted by molar-refractivity contribution is 6.10. The van der Waals surface area contributed by atoms with Gasteiger partial charge in [0.25, 0.3) is 0 Å². The lowest BCUT2D eigenvalue weighted by Crippen LogP contribution is -1.97. The van der Waals surface area contributed by atoms with Gasteiger partial charge in [0.15, 0.2) is 0 Å². The van der Waals surface area contributed by atoms with E-state index in [0.717, 1.165) is 77.4 Å². The lowest BCUT2D eigenvalue weighted by atomic mass is 10.1. The van der Waals surface area contributed by atoms with E-state index in [1.807, 2.05) is 55.6 Å². The number of allylic oxidation sites excluding steroid dienone is 1. The van der Waals surface area contributed by atoms with E-state index in [-0.39, 0.29) is 0 Å². The Balaban J connectivity index is 1.37. The van der Waals surface area contributed by atoms with Gasteiger partial charge < -0.3 is 8.98 Å². The van der Waals surface area contributed by atoms with Crippen molar-refractivity contribution in [3.05, 3.63) is 120 Å². The Kier molecular flexibility index (Phi) is 5.28. The molecule has 43 heavy (non-hydrogen) atoms. The van der Waals surface area contributed by atoms with Crippen molar-refractivity contribution in [1.82, 2.24) is 14.1 Å². The topological polar surface area (TPSA) is 83.5 Å². The second kappa shape index (κ2) is 9.21. The highest BCUT2D eigenvalue weighted by Crippen LogP contribution is 2.37. The van der Waals surface area contributed by atoms with Gasteiger partial charge in [-0.25, -0.2) is 4.98 Å². The van der Waals surface area contributed by atoms with Crippen LogP contribution in [0.2, 0.25) is 0 Å². The summed E-state index contributed by atoms with van der Waals surface area (Å²) in [6.07, 6.45) is 3.73. The number of furan rings is 1. The Morgan fingerprint density at radius 2 is 1.44 bits per heavy atom. The first-order valence-electron chi connectivity index (χ1n) is 14.0. The number of rotatable bonds is 3. The molecule has 8 aromatic rings. The first-order valence-corrected chi connectivity index (χ1v) is 14.0. The highest BCUT2D eigenvalue weighted by Gasteiger charge is 2.18. The molecule has 0 bridgehead atoms. The minimum Gasteiger partial charge on any atom is -0.456 e. The number of hydrogen-bond acceptors (Lipinski definition) is 4. The lowest BCUT2D eigenvalue weighted by molar-refractivity contribution is 0.669. The van der Waals surface area contributed by atoms with Crippen LogP contribution in [0.15, 0.2) is 107 Å². The van der Waals surface area contributed by atoms with Crippen LogP contribution in [-0.4, -0.2) is 14.1 Å². The van der Waals surface area contributed by atoms with Crippen LogP contribution in [0.25, 0.3) is 72.2 Å². The van der Waals surface area contributed by atoms with Gasteiger partial charge in [0, 0.05) is 61.3 Å². The smallest absolute Gasteiger partial charge is 0.145 e. The number of pyridine rings is 1. The molecule has 202 valence electrons. The van der Waals surface area contributed by atoms with Crippen molar-refractivity contribution < 1.29 is 4.42 Å². The van der Waals surface area contributed by atoms with E-state index in [1.54, 1.807) is 6.92 Å². The maximum atomic E-state index is 9.57. The van der Waals surface area contributed by atoms with Crippen molar-refractivity contribution in [2.75, 3.05) is 0 Å². The Bertz CT molecular complexity index is 2510. The Labute approximate surface area is 246 Å². The first-order chi connectivity index (χ1) is 21.1. The van der Waals surface area contributed by atoms with Gasteiger partial charge in [-0.05, 0) is 92.7 Å². The van der Waals surface area contributed by atoms with Gasteiger partial charge in [-0.15, -0.1) is 0 Å². The second-order valence-electron chi connectivity index (χ2n) is 10.8. The van der Waals surface area contributed by atoms with Gasteiger partial charge in [-0.2, -0.15) is 10.5 Å². The van der Waals surface area contributed by atoms with Gasteiger partial charge in [0.05, 0.1) is 28.7 Å². The molecule has 0 atom stereocenters. The summed E-state index contributed by atoms with van der Waals surface area (Å²) in [5.41, 5.74) is 9.69. The van der Waals surface area contributed by atoms with Crippen LogP contribution in [0.4, 0.5) is 0 Å². The van der Waals surface area contributed by atoms with Crippen LogP contribution in [0.3, 0.4) is 0 Å². The molecule has 4 aromatic carbocycles. The maximum absolute atomic E-state index is 9.57. The number of aromatic nitrogens is 3. The average Bonchev–Trinajstić information content (AvgIpc) is 3.67. The van der Waals surface area contributed by atoms with E-state index in [0.29, 0.717) is 11.1 Å². The second-order valence-corrected chi connectivity index (χ2v) is 10.8. The normalized spacial score (nSPS) is 12.0. The molecule has 6 nitrogen and oxygen atoms in total. The predicted octanol–water partition coefficient (Wildman–Crippen LogP) is 9.13. The SMILES string of the molecule is C/C(C#N)=C\c1c(C)n(-c2ccc3oc4ccc(-n5c6ccccc6c6cccnc65)cc4c3c2)c2ccc(C#N)cc12. The quantitative estimate of drug-likeness (QED) is 0.204. The van der Waals surface area contributed by atoms with Gasteiger partial charge in [0.1, 0.15) is 16.8 Å². The molecule has 0 amide bonds. The number of fused-ring (bicyclic) bond motifs is 7. The van der Waals surface area contributed by atoms with E-state index >= 15 is 0 Å². The van der Waals surface area contributed by atoms with Crippen molar-refractivity contribution in [1.29, 1.82) is 10.5 Å². The zero-order chi connectivity index (χ0) is 29.2. The third kappa shape index (κ3) is 3.61. The summed E-state index contributed by atoms with van der Waals surface area (Å²) >= 11 is 0. The number of nitriles is 2. The first kappa shape index (κ1) is 24.7. The van der Waals surface area contributed by atoms with Crippen LogP contribution in [0.5, 0.6) is 0 Å². The molecule has 0 unspecified atom stereocenters. The largest absolute Gasteiger partial charge is 0.456 e. The standard InChI is InChI=1S/C37H23N5O/c1-22(20-38)16-29-23(2)41(34-12-9-24(21-39)17-30(29)34)25-10-13-35-31(18-25)32-19-26(11-14-36(32)43-35)42-33-8-4-3-6-27(33)28-7-5-15-40-37(28)42/h3-19H,1-2H3/b22-16+. The maximum Gasteiger partial charge on any atom is 0.145 e. The van der Waals surface area contributed by atoms with Crippen LogP contribution < -0.4 is 0 Å². The molecular formula is C37H23N5O. The number of para-hydroxylation sites is 1. The molecular weight excluding hydrogens is 530 g/mol. The van der Waals surface area contributed by atoms with E-state index in [2.05, 4.69) is 75.9 Å². The average molecular weight is 554 g/mol. The molecule has 4 aromatic heterocycles. The van der Waals surface area contributed by atoms with Gasteiger partial charge in [-0.1, -0.05) is 18.2 Å². The molecule has 0 aliphatic heterocycles. The number of hydrogen-bond donors (Lipinski definition) is 0. The highest BCUT2D eigenvalue weighted by atomic mass is 16.3. The van der Waals surface area contributed by atoms with Crippen LogP contribution in [-0.2, 0) is 0 Å². The summed E-state index contributed by atoms with van der Waals surface area (Å²) in [6, 6.07) is 35.2. The fourth-order valence-corrected chi connectivity index (χ4v) is 6.36. The molecule has 0 saturated carbocycles. The van der Waals surface area contributed by atoms with E-state index in [1.165, 1.54) is 0 Å². The Morgan fingerprint density at radius 3 is 2.19 bits per heavy atom. The third-order valence-corrected chi connectivity index (χ3v) is 8.31. The summed E-state index contributed by atoms with van der Waals surface area (Å²) in [5.74, 6) is 0. The zero-order valence-corrected chi connectivity index (χ0v) is 23.5. The van der Waals surface area contributed by atoms with Crippen LogP contribution in [0, 0.1) is 29.6 Å². The third-order valence-electron chi connectivity index (χ3n) is 8.31. The molecule has 8 rings (SSSR count). The zero-order valence-electron chi connectivity index (χ0n) is 23.5. The Morgan fingerprint density at radius 1 is 0.744 bits per heavy atom. The van der Waals surface area contributed by atoms with E-state index in [4.69, 9.17) is 9.40 Å².